The van der Waals surface area contributed by atoms with E-state index in [1.54, 1.807) is 0 Å². The zero-order valence-corrected chi connectivity index (χ0v) is 10.9. The Hall–Kier alpha value is -0.820. The molecule has 0 amide bonds. The number of thiol groups is 1. The van der Waals surface area contributed by atoms with Gasteiger partial charge in [-0.2, -0.15) is 25.8 Å². The number of hydrogen-bond acceptors (Lipinski definition) is 2. The molecule has 0 spiro atoms. The van der Waals surface area contributed by atoms with Crippen LogP contribution in [0.15, 0.2) is 12.1 Å². The lowest BCUT2D eigenvalue weighted by atomic mass is 9.92. The Morgan fingerprint density at radius 3 is 2.26 bits per heavy atom. The van der Waals surface area contributed by atoms with E-state index in [1.165, 1.54) is 0 Å². The molecule has 0 N–H and O–H groups in total. The number of aldehydes is 1. The van der Waals surface area contributed by atoms with Crippen molar-refractivity contribution in [2.24, 2.45) is 0 Å². The number of alkyl halides is 4. The summed E-state index contributed by atoms with van der Waals surface area (Å²) in [6.07, 6.45) is -5.87. The van der Waals surface area contributed by atoms with Crippen molar-refractivity contribution in [1.29, 1.82) is 0 Å². The van der Waals surface area contributed by atoms with Gasteiger partial charge < -0.3 is 0 Å². The molecule has 1 aromatic carbocycles. The molecule has 1 aromatic rings. The van der Waals surface area contributed by atoms with Gasteiger partial charge in [-0.05, 0) is 18.6 Å². The minimum Gasteiger partial charge on any atom is -0.298 e. The zero-order valence-electron chi connectivity index (χ0n) is 9.27. The van der Waals surface area contributed by atoms with Crippen molar-refractivity contribution in [1.82, 2.24) is 0 Å². The van der Waals surface area contributed by atoms with E-state index in [2.05, 4.69) is 12.6 Å². The molecule has 0 radical (unpaired) electrons. The number of carbonyl (C=O) groups excluding carboxylic acids is 1. The molecule has 0 bridgehead atoms. The smallest absolute Gasteiger partial charge is 0.298 e. The Bertz CT molecular complexity index is 491. The molecule has 0 aliphatic carbocycles. The standard InChI is InChI=1S/C11H8ClF5OS/c12-4-3-10(19,11(15,16)17)8-7(13)2-1-6(5-18)9(8)14/h1-2,5,19H,3-4H2. The highest BCUT2D eigenvalue weighted by Crippen LogP contribution is 2.49. The largest absolute Gasteiger partial charge is 0.407 e. The van der Waals surface area contributed by atoms with Gasteiger partial charge in [0.25, 0.3) is 0 Å². The lowest BCUT2D eigenvalue weighted by molar-refractivity contribution is -0.163. The molecular weight excluding hydrogens is 311 g/mol. The predicted octanol–water partition coefficient (Wildman–Crippen LogP) is 4.09. The molecule has 0 aliphatic rings. The van der Waals surface area contributed by atoms with Crippen LogP contribution in [0.4, 0.5) is 22.0 Å². The second-order valence-electron chi connectivity index (χ2n) is 3.74. The minimum atomic E-state index is -5.03. The monoisotopic (exact) mass is 318 g/mol. The summed E-state index contributed by atoms with van der Waals surface area (Å²) in [6.45, 7) is 0. The molecule has 0 aromatic heterocycles. The van der Waals surface area contributed by atoms with E-state index in [0.29, 0.717) is 6.07 Å². The first-order valence-electron chi connectivity index (χ1n) is 4.97. The third-order valence-corrected chi connectivity index (χ3v) is 3.48. The van der Waals surface area contributed by atoms with Crippen molar-refractivity contribution < 1.29 is 26.7 Å². The molecule has 0 saturated carbocycles. The van der Waals surface area contributed by atoms with Gasteiger partial charge in [-0.1, -0.05) is 0 Å². The van der Waals surface area contributed by atoms with Crippen LogP contribution in [-0.4, -0.2) is 18.3 Å². The Morgan fingerprint density at radius 2 is 1.84 bits per heavy atom. The van der Waals surface area contributed by atoms with Crippen LogP contribution >= 0.6 is 24.2 Å². The Kier molecular flexibility index (Phi) is 4.84. The Morgan fingerprint density at radius 1 is 1.26 bits per heavy atom. The lowest BCUT2D eigenvalue weighted by Crippen LogP contribution is -2.39. The maximum Gasteiger partial charge on any atom is 0.407 e. The molecule has 0 saturated heterocycles. The molecule has 0 heterocycles. The van der Waals surface area contributed by atoms with Crippen LogP contribution in [0.1, 0.15) is 22.3 Å². The zero-order chi connectivity index (χ0) is 14.8. The van der Waals surface area contributed by atoms with Crippen LogP contribution < -0.4 is 0 Å². The summed E-state index contributed by atoms with van der Waals surface area (Å²) in [7, 11) is 0. The maximum atomic E-state index is 13.8. The number of rotatable bonds is 4. The predicted molar refractivity (Wildman–Crippen MR) is 63.8 cm³/mol. The fourth-order valence-corrected chi connectivity index (χ4v) is 2.32. The second kappa shape index (κ2) is 5.66. The average molecular weight is 319 g/mol. The summed E-state index contributed by atoms with van der Waals surface area (Å²) < 4.78 is 63.3. The van der Waals surface area contributed by atoms with Gasteiger partial charge in [-0.25, -0.2) is 8.78 Å². The van der Waals surface area contributed by atoms with Gasteiger partial charge >= 0.3 is 6.18 Å². The van der Waals surface area contributed by atoms with E-state index >= 15 is 0 Å². The first-order valence-corrected chi connectivity index (χ1v) is 5.96. The number of benzene rings is 1. The molecule has 1 atom stereocenters. The highest BCUT2D eigenvalue weighted by atomic mass is 35.5. The van der Waals surface area contributed by atoms with Gasteiger partial charge in [-0.15, -0.1) is 11.6 Å². The summed E-state index contributed by atoms with van der Waals surface area (Å²) in [4.78, 5) is 10.5. The minimum absolute atomic E-state index is 0.00351. The summed E-state index contributed by atoms with van der Waals surface area (Å²) in [5.41, 5.74) is -1.98. The van der Waals surface area contributed by atoms with E-state index in [-0.39, 0.29) is 6.29 Å². The van der Waals surface area contributed by atoms with Crippen LogP contribution in [-0.2, 0) is 4.75 Å². The van der Waals surface area contributed by atoms with Gasteiger partial charge in [0, 0.05) is 11.4 Å². The van der Waals surface area contributed by atoms with Gasteiger partial charge in [0.1, 0.15) is 16.4 Å². The summed E-state index contributed by atoms with van der Waals surface area (Å²) >= 11 is 8.65. The van der Waals surface area contributed by atoms with Crippen molar-refractivity contribution in [2.45, 2.75) is 17.3 Å². The lowest BCUT2D eigenvalue weighted by Gasteiger charge is -2.31. The molecule has 106 valence electrons. The Balaban J connectivity index is 3.60. The van der Waals surface area contributed by atoms with Gasteiger partial charge in [0.15, 0.2) is 6.29 Å². The molecule has 0 fully saturated rings. The molecule has 1 rings (SSSR count). The van der Waals surface area contributed by atoms with Crippen LogP contribution in [0, 0.1) is 11.6 Å². The fraction of sp³-hybridized carbons (Fsp3) is 0.364. The van der Waals surface area contributed by atoms with E-state index in [0.717, 1.165) is 6.07 Å². The summed E-state index contributed by atoms with van der Waals surface area (Å²) in [5, 5.41) is 0. The second-order valence-corrected chi connectivity index (χ2v) is 4.88. The first-order chi connectivity index (χ1) is 8.69. The van der Waals surface area contributed by atoms with Gasteiger partial charge in [0.05, 0.1) is 5.56 Å². The first kappa shape index (κ1) is 16.2. The molecule has 8 heteroatoms. The molecule has 0 aliphatic heterocycles. The summed E-state index contributed by atoms with van der Waals surface area (Å²) in [5.74, 6) is -3.51. The van der Waals surface area contributed by atoms with Crippen LogP contribution in [0.25, 0.3) is 0 Å². The Labute approximate surface area is 116 Å². The van der Waals surface area contributed by atoms with Crippen molar-refractivity contribution in [2.75, 3.05) is 5.88 Å². The number of halogens is 6. The van der Waals surface area contributed by atoms with E-state index in [4.69, 9.17) is 11.6 Å². The third-order valence-electron chi connectivity index (χ3n) is 2.59. The maximum absolute atomic E-state index is 13.8. The average Bonchev–Trinajstić information content (AvgIpc) is 2.28. The SMILES string of the molecule is O=Cc1ccc(F)c(C(S)(CCCl)C(F)(F)F)c1F. The molecule has 1 unspecified atom stereocenters. The molecular formula is C11H8ClF5OS. The molecule has 19 heavy (non-hydrogen) atoms. The normalized spacial score (nSPS) is 15.1. The van der Waals surface area contributed by atoms with Crippen LogP contribution in [0.3, 0.4) is 0 Å². The van der Waals surface area contributed by atoms with Gasteiger partial charge in [-0.3, -0.25) is 4.79 Å². The highest BCUT2D eigenvalue weighted by molar-refractivity contribution is 7.81. The van der Waals surface area contributed by atoms with E-state index < -0.39 is 46.0 Å². The van der Waals surface area contributed by atoms with E-state index in [1.807, 2.05) is 0 Å². The fourth-order valence-electron chi connectivity index (χ4n) is 1.58. The van der Waals surface area contributed by atoms with E-state index in [9.17, 15) is 26.7 Å². The quantitative estimate of drug-likeness (QED) is 0.383. The van der Waals surface area contributed by atoms with Crippen molar-refractivity contribution in [3.63, 3.8) is 0 Å². The van der Waals surface area contributed by atoms with Crippen molar-refractivity contribution in [3.8, 4) is 0 Å². The molecule has 1 nitrogen and oxygen atoms in total. The third kappa shape index (κ3) is 2.86. The van der Waals surface area contributed by atoms with Crippen molar-refractivity contribution in [3.05, 3.63) is 34.9 Å². The van der Waals surface area contributed by atoms with Crippen LogP contribution in [0.5, 0.6) is 0 Å². The number of hydrogen-bond donors (Lipinski definition) is 1. The summed E-state index contributed by atoms with van der Waals surface area (Å²) in [6, 6.07) is 1.35. The topological polar surface area (TPSA) is 17.1 Å². The van der Waals surface area contributed by atoms with Gasteiger partial charge in [0.2, 0.25) is 0 Å². The van der Waals surface area contributed by atoms with Crippen molar-refractivity contribution >= 4 is 30.5 Å². The number of carbonyl (C=O) groups is 1. The van der Waals surface area contributed by atoms with Crippen LogP contribution in [0.2, 0.25) is 0 Å². The highest BCUT2D eigenvalue weighted by Gasteiger charge is 2.55.